The summed E-state index contributed by atoms with van der Waals surface area (Å²) in [6.45, 7) is 3.56. The number of nitrogens with zero attached hydrogens (tertiary/aromatic N) is 1. The molecule has 0 saturated heterocycles. The number of hydrogen-bond donors (Lipinski definition) is 1. The van der Waals surface area contributed by atoms with Gasteiger partial charge in [-0.05, 0) is 26.0 Å². The van der Waals surface area contributed by atoms with E-state index in [1.54, 1.807) is 6.20 Å². The van der Waals surface area contributed by atoms with Gasteiger partial charge in [-0.1, -0.05) is 0 Å². The Balaban J connectivity index is 2.12. The smallest absolute Gasteiger partial charge is 0.240 e. The normalized spacial score (nSPS) is 11.6. The Bertz CT molecular complexity index is 772. The van der Waals surface area contributed by atoms with Crippen molar-refractivity contribution in [3.8, 4) is 5.75 Å². The summed E-state index contributed by atoms with van der Waals surface area (Å²) >= 11 is 1.52. The molecule has 0 radical (unpaired) electrons. The van der Waals surface area contributed by atoms with Gasteiger partial charge in [0.05, 0.1) is 17.0 Å². The van der Waals surface area contributed by atoms with Crippen molar-refractivity contribution in [1.82, 2.24) is 9.71 Å². The Labute approximate surface area is 133 Å². The maximum atomic E-state index is 14.0. The SMILES string of the molecule is COc1ccc(S(=O)(=O)NCCc2ncc(C)s2)c(C)c1F. The molecule has 1 heterocycles. The first-order valence-electron chi connectivity index (χ1n) is 6.59. The second kappa shape index (κ2) is 6.72. The van der Waals surface area contributed by atoms with E-state index in [0.29, 0.717) is 6.42 Å². The molecule has 2 rings (SSSR count). The van der Waals surface area contributed by atoms with Crippen LogP contribution in [0.4, 0.5) is 4.39 Å². The van der Waals surface area contributed by atoms with Crippen molar-refractivity contribution in [2.75, 3.05) is 13.7 Å². The van der Waals surface area contributed by atoms with Gasteiger partial charge in [0.15, 0.2) is 11.6 Å². The molecule has 1 aromatic carbocycles. The van der Waals surface area contributed by atoms with Crippen LogP contribution in [0, 0.1) is 19.7 Å². The number of halogens is 1. The Kier molecular flexibility index (Phi) is 5.15. The molecule has 0 aliphatic heterocycles. The number of hydrogen-bond acceptors (Lipinski definition) is 5. The van der Waals surface area contributed by atoms with Gasteiger partial charge in [0.2, 0.25) is 10.0 Å². The minimum Gasteiger partial charge on any atom is -0.494 e. The third kappa shape index (κ3) is 3.63. The molecule has 5 nitrogen and oxygen atoms in total. The van der Waals surface area contributed by atoms with Gasteiger partial charge in [-0.15, -0.1) is 11.3 Å². The summed E-state index contributed by atoms with van der Waals surface area (Å²) in [4.78, 5) is 5.16. The number of thiazole rings is 1. The van der Waals surface area contributed by atoms with E-state index in [9.17, 15) is 12.8 Å². The standard InChI is InChI=1S/C14H17FN2O3S2/c1-9-8-16-13(21-9)6-7-17-22(18,19)12-5-4-11(20-3)14(15)10(12)2/h4-5,8,17H,6-7H2,1-3H3. The Morgan fingerprint density at radius 3 is 2.68 bits per heavy atom. The summed E-state index contributed by atoms with van der Waals surface area (Å²) in [5, 5.41) is 0.859. The Morgan fingerprint density at radius 1 is 1.36 bits per heavy atom. The van der Waals surface area contributed by atoms with E-state index >= 15 is 0 Å². The first-order valence-corrected chi connectivity index (χ1v) is 8.89. The highest BCUT2D eigenvalue weighted by Gasteiger charge is 2.20. The van der Waals surface area contributed by atoms with E-state index in [-0.39, 0.29) is 22.8 Å². The lowest BCUT2D eigenvalue weighted by Crippen LogP contribution is -2.26. The van der Waals surface area contributed by atoms with E-state index in [1.165, 1.54) is 37.5 Å². The van der Waals surface area contributed by atoms with Crippen molar-refractivity contribution in [3.63, 3.8) is 0 Å². The largest absolute Gasteiger partial charge is 0.494 e. The number of aromatic nitrogens is 1. The maximum Gasteiger partial charge on any atom is 0.240 e. The van der Waals surface area contributed by atoms with Gasteiger partial charge >= 0.3 is 0 Å². The molecule has 0 aliphatic rings. The molecule has 1 aromatic heterocycles. The van der Waals surface area contributed by atoms with Gasteiger partial charge in [0, 0.05) is 29.6 Å². The molecule has 0 unspecified atom stereocenters. The van der Waals surface area contributed by atoms with E-state index < -0.39 is 15.8 Å². The molecule has 120 valence electrons. The topological polar surface area (TPSA) is 68.3 Å². The second-order valence-electron chi connectivity index (χ2n) is 4.72. The molecular formula is C14H17FN2O3S2. The van der Waals surface area contributed by atoms with Crippen LogP contribution in [0.15, 0.2) is 23.2 Å². The first kappa shape index (κ1) is 16.9. The third-order valence-electron chi connectivity index (χ3n) is 3.11. The van der Waals surface area contributed by atoms with Crippen LogP contribution in [-0.2, 0) is 16.4 Å². The Morgan fingerprint density at radius 2 is 2.09 bits per heavy atom. The number of nitrogens with one attached hydrogen (secondary N) is 1. The fraction of sp³-hybridized carbons (Fsp3) is 0.357. The average molecular weight is 344 g/mol. The highest BCUT2D eigenvalue weighted by molar-refractivity contribution is 7.89. The van der Waals surface area contributed by atoms with Crippen LogP contribution < -0.4 is 9.46 Å². The molecule has 0 atom stereocenters. The van der Waals surface area contributed by atoms with Gasteiger partial charge < -0.3 is 4.74 Å². The van der Waals surface area contributed by atoms with Crippen LogP contribution in [0.1, 0.15) is 15.4 Å². The van der Waals surface area contributed by atoms with Gasteiger partial charge in [0.25, 0.3) is 0 Å². The summed E-state index contributed by atoms with van der Waals surface area (Å²) in [6.07, 6.45) is 2.24. The summed E-state index contributed by atoms with van der Waals surface area (Å²) in [5.74, 6) is -0.643. The van der Waals surface area contributed by atoms with E-state index in [2.05, 4.69) is 9.71 Å². The minimum atomic E-state index is -3.77. The first-order chi connectivity index (χ1) is 10.3. The quantitative estimate of drug-likeness (QED) is 0.874. The molecule has 22 heavy (non-hydrogen) atoms. The lowest BCUT2D eigenvalue weighted by Gasteiger charge is -2.11. The fourth-order valence-electron chi connectivity index (χ4n) is 1.98. The molecule has 0 saturated carbocycles. The minimum absolute atomic E-state index is 0.0229. The number of aryl methyl sites for hydroxylation is 1. The molecule has 0 bridgehead atoms. The summed E-state index contributed by atoms with van der Waals surface area (Å²) < 4.78 is 45.8. The molecule has 1 N–H and O–H groups in total. The zero-order valence-corrected chi connectivity index (χ0v) is 14.1. The maximum absolute atomic E-state index is 14.0. The van der Waals surface area contributed by atoms with Crippen molar-refractivity contribution in [2.45, 2.75) is 25.2 Å². The number of rotatable bonds is 6. The summed E-state index contributed by atoms with van der Waals surface area (Å²) in [6, 6.07) is 2.65. The van der Waals surface area contributed by atoms with Crippen LogP contribution in [0.2, 0.25) is 0 Å². The number of sulfonamides is 1. The zero-order valence-electron chi connectivity index (χ0n) is 12.5. The number of benzene rings is 1. The van der Waals surface area contributed by atoms with Crippen molar-refractivity contribution < 1.29 is 17.5 Å². The Hall–Kier alpha value is -1.51. The monoisotopic (exact) mass is 344 g/mol. The average Bonchev–Trinajstić information content (AvgIpc) is 2.87. The molecule has 0 spiro atoms. The van der Waals surface area contributed by atoms with E-state index in [1.807, 2.05) is 6.92 Å². The van der Waals surface area contributed by atoms with Crippen molar-refractivity contribution in [2.24, 2.45) is 0 Å². The van der Waals surface area contributed by atoms with Crippen LogP contribution in [0.5, 0.6) is 5.75 Å². The van der Waals surface area contributed by atoms with Crippen molar-refractivity contribution >= 4 is 21.4 Å². The van der Waals surface area contributed by atoms with Crippen LogP contribution in [0.3, 0.4) is 0 Å². The van der Waals surface area contributed by atoms with Crippen LogP contribution in [-0.4, -0.2) is 27.1 Å². The van der Waals surface area contributed by atoms with Crippen molar-refractivity contribution in [3.05, 3.63) is 39.6 Å². The zero-order chi connectivity index (χ0) is 16.3. The predicted octanol–water partition coefficient (Wildman–Crippen LogP) is 2.43. The summed E-state index contributed by atoms with van der Waals surface area (Å²) in [7, 11) is -2.44. The third-order valence-corrected chi connectivity index (χ3v) is 5.69. The molecule has 8 heteroatoms. The van der Waals surface area contributed by atoms with E-state index in [4.69, 9.17) is 4.74 Å². The lowest BCUT2D eigenvalue weighted by molar-refractivity contribution is 0.384. The number of methoxy groups -OCH3 is 1. The van der Waals surface area contributed by atoms with E-state index in [0.717, 1.165) is 9.88 Å². The van der Waals surface area contributed by atoms with Gasteiger partial charge in [-0.25, -0.2) is 22.5 Å². The van der Waals surface area contributed by atoms with Gasteiger partial charge in [0.1, 0.15) is 0 Å². The lowest BCUT2D eigenvalue weighted by atomic mass is 10.2. The van der Waals surface area contributed by atoms with Crippen molar-refractivity contribution in [1.29, 1.82) is 0 Å². The predicted molar refractivity (Wildman–Crippen MR) is 83.4 cm³/mol. The molecule has 0 fully saturated rings. The molecular weight excluding hydrogens is 327 g/mol. The molecule has 2 aromatic rings. The fourth-order valence-corrected chi connectivity index (χ4v) is 4.03. The van der Waals surface area contributed by atoms with Crippen LogP contribution in [0.25, 0.3) is 0 Å². The van der Waals surface area contributed by atoms with Gasteiger partial charge in [-0.2, -0.15) is 0 Å². The molecule has 0 aliphatic carbocycles. The second-order valence-corrected chi connectivity index (χ2v) is 7.77. The van der Waals surface area contributed by atoms with Crippen LogP contribution >= 0.6 is 11.3 Å². The highest BCUT2D eigenvalue weighted by atomic mass is 32.2. The number of ether oxygens (including phenoxy) is 1. The molecule has 0 amide bonds. The van der Waals surface area contributed by atoms with Gasteiger partial charge in [-0.3, -0.25) is 0 Å². The summed E-state index contributed by atoms with van der Waals surface area (Å²) in [5.41, 5.74) is 0.0388. The highest BCUT2D eigenvalue weighted by Crippen LogP contribution is 2.25.